The van der Waals surface area contributed by atoms with Crippen molar-refractivity contribution in [2.75, 3.05) is 4.72 Å². The Morgan fingerprint density at radius 2 is 1.48 bits per heavy atom. The van der Waals surface area contributed by atoms with Crippen LogP contribution in [-0.2, 0) is 16.4 Å². The molecule has 0 spiro atoms. The lowest BCUT2D eigenvalue weighted by atomic mass is 10.1. The van der Waals surface area contributed by atoms with Crippen LogP contribution >= 0.6 is 23.2 Å². The molecule has 0 fully saturated rings. The number of hydrogen-bond donors (Lipinski definition) is 2. The molecular formula is C20H25Cl2NO3S. The van der Waals surface area contributed by atoms with Gasteiger partial charge in [-0.15, -0.1) is 0 Å². The average Bonchev–Trinajstić information content (AvgIpc) is 2.62. The zero-order chi connectivity index (χ0) is 19.9. The topological polar surface area (TPSA) is 66.4 Å². The number of phenolic OH excluding ortho intramolecular Hbond substituents is 1. The van der Waals surface area contributed by atoms with E-state index in [0.717, 1.165) is 18.4 Å². The maximum Gasteiger partial charge on any atom is 0.261 e. The van der Waals surface area contributed by atoms with Crippen molar-refractivity contribution in [3.8, 4) is 5.75 Å². The van der Waals surface area contributed by atoms with Crippen molar-refractivity contribution < 1.29 is 13.5 Å². The number of hydrogen-bond acceptors (Lipinski definition) is 3. The fourth-order valence-electron chi connectivity index (χ4n) is 2.78. The highest BCUT2D eigenvalue weighted by Gasteiger charge is 2.16. The Balaban J connectivity index is 1.96. The third-order valence-corrected chi connectivity index (χ3v) is 6.30. The van der Waals surface area contributed by atoms with Crippen molar-refractivity contribution in [2.45, 2.75) is 56.8 Å². The summed E-state index contributed by atoms with van der Waals surface area (Å²) in [6, 6.07) is 9.51. The van der Waals surface area contributed by atoms with Crippen LogP contribution in [0.3, 0.4) is 0 Å². The van der Waals surface area contributed by atoms with E-state index < -0.39 is 10.0 Å². The van der Waals surface area contributed by atoms with Crippen molar-refractivity contribution in [2.24, 2.45) is 0 Å². The van der Waals surface area contributed by atoms with Gasteiger partial charge in [0.2, 0.25) is 0 Å². The number of unbranched alkanes of at least 4 members (excludes halogenated alkanes) is 5. The average molecular weight is 430 g/mol. The monoisotopic (exact) mass is 429 g/mol. The molecule has 0 aliphatic rings. The van der Waals surface area contributed by atoms with Gasteiger partial charge in [-0.05, 0) is 42.7 Å². The first-order valence-corrected chi connectivity index (χ1v) is 11.4. The van der Waals surface area contributed by atoms with Crippen LogP contribution in [0.1, 0.15) is 51.0 Å². The smallest absolute Gasteiger partial charge is 0.261 e. The summed E-state index contributed by atoms with van der Waals surface area (Å²) in [5.41, 5.74) is 1.32. The Kier molecular flexibility index (Phi) is 8.27. The normalized spacial score (nSPS) is 11.5. The number of halogens is 2. The van der Waals surface area contributed by atoms with Crippen LogP contribution in [0, 0.1) is 0 Å². The summed E-state index contributed by atoms with van der Waals surface area (Å²) in [7, 11) is -3.76. The summed E-state index contributed by atoms with van der Waals surface area (Å²) in [4.78, 5) is 0.162. The zero-order valence-electron chi connectivity index (χ0n) is 15.3. The summed E-state index contributed by atoms with van der Waals surface area (Å²) in [5.74, 6) is -0.277. The van der Waals surface area contributed by atoms with Gasteiger partial charge >= 0.3 is 0 Å². The third-order valence-electron chi connectivity index (χ3n) is 4.32. The quantitative estimate of drug-likeness (QED) is 0.338. The molecule has 0 bridgehead atoms. The number of anilines is 1. The summed E-state index contributed by atoms with van der Waals surface area (Å²) < 4.78 is 27.5. The molecule has 4 nitrogen and oxygen atoms in total. The van der Waals surface area contributed by atoms with E-state index in [1.165, 1.54) is 44.2 Å². The SMILES string of the molecule is CCCCCCCCc1ccc(S(=O)(=O)Nc2cc(Cl)c(O)c(Cl)c2)cc1. The van der Waals surface area contributed by atoms with Gasteiger partial charge in [-0.2, -0.15) is 0 Å². The number of phenols is 1. The van der Waals surface area contributed by atoms with Crippen LogP contribution in [0.15, 0.2) is 41.3 Å². The molecular weight excluding hydrogens is 405 g/mol. The minimum Gasteiger partial charge on any atom is -0.505 e. The van der Waals surface area contributed by atoms with Gasteiger partial charge in [0.25, 0.3) is 10.0 Å². The molecule has 0 atom stereocenters. The van der Waals surface area contributed by atoms with Crippen LogP contribution in [0.2, 0.25) is 10.0 Å². The molecule has 0 unspecified atom stereocenters. The maximum atomic E-state index is 12.5. The van der Waals surface area contributed by atoms with Gasteiger partial charge in [-0.3, -0.25) is 4.72 Å². The Bertz CT molecular complexity index is 829. The van der Waals surface area contributed by atoms with Crippen molar-refractivity contribution in [1.82, 2.24) is 0 Å². The molecule has 2 aromatic carbocycles. The van der Waals surface area contributed by atoms with Crippen LogP contribution in [0.4, 0.5) is 5.69 Å². The van der Waals surface area contributed by atoms with Gasteiger partial charge in [-0.25, -0.2) is 8.42 Å². The molecule has 0 saturated heterocycles. The predicted molar refractivity (Wildman–Crippen MR) is 112 cm³/mol. The van der Waals surface area contributed by atoms with E-state index in [9.17, 15) is 13.5 Å². The molecule has 148 valence electrons. The molecule has 0 aliphatic heterocycles. The molecule has 2 rings (SSSR count). The summed E-state index contributed by atoms with van der Waals surface area (Å²) >= 11 is 11.7. The minimum absolute atomic E-state index is 0.0190. The Morgan fingerprint density at radius 3 is 2.07 bits per heavy atom. The third kappa shape index (κ3) is 6.59. The van der Waals surface area contributed by atoms with Gasteiger partial charge in [0.15, 0.2) is 5.75 Å². The zero-order valence-corrected chi connectivity index (χ0v) is 17.7. The van der Waals surface area contributed by atoms with E-state index in [-0.39, 0.29) is 26.4 Å². The van der Waals surface area contributed by atoms with Crippen molar-refractivity contribution >= 4 is 38.9 Å². The van der Waals surface area contributed by atoms with E-state index in [4.69, 9.17) is 23.2 Å². The Labute approximate surface area is 171 Å². The second kappa shape index (κ2) is 10.2. The first-order chi connectivity index (χ1) is 12.8. The lowest BCUT2D eigenvalue weighted by Gasteiger charge is -2.10. The lowest BCUT2D eigenvalue weighted by molar-refractivity contribution is 0.476. The van der Waals surface area contributed by atoms with E-state index in [1.807, 2.05) is 12.1 Å². The molecule has 0 aromatic heterocycles. The fourth-order valence-corrected chi connectivity index (χ4v) is 4.31. The predicted octanol–water partition coefficient (Wildman–Crippen LogP) is 6.40. The highest BCUT2D eigenvalue weighted by molar-refractivity contribution is 7.92. The van der Waals surface area contributed by atoms with E-state index >= 15 is 0 Å². The molecule has 0 saturated carbocycles. The van der Waals surface area contributed by atoms with Crippen LogP contribution in [-0.4, -0.2) is 13.5 Å². The minimum atomic E-state index is -3.76. The van der Waals surface area contributed by atoms with Crippen LogP contribution < -0.4 is 4.72 Å². The number of nitrogens with one attached hydrogen (secondary N) is 1. The van der Waals surface area contributed by atoms with Gasteiger partial charge in [0, 0.05) is 0 Å². The standard InChI is InChI=1S/C20H25Cl2NO3S/c1-2-3-4-5-6-7-8-15-9-11-17(12-10-15)27(25,26)23-16-13-18(21)20(24)19(22)14-16/h9-14,23-24H,2-8H2,1H3. The summed E-state index contributed by atoms with van der Waals surface area (Å²) in [5, 5.41) is 9.53. The summed E-state index contributed by atoms with van der Waals surface area (Å²) in [6.45, 7) is 2.20. The number of benzene rings is 2. The lowest BCUT2D eigenvalue weighted by Crippen LogP contribution is -2.13. The molecule has 2 aromatic rings. The highest BCUT2D eigenvalue weighted by atomic mass is 35.5. The largest absolute Gasteiger partial charge is 0.505 e. The first-order valence-electron chi connectivity index (χ1n) is 9.13. The number of aryl methyl sites for hydroxylation is 1. The van der Waals surface area contributed by atoms with Crippen molar-refractivity contribution in [1.29, 1.82) is 0 Å². The van der Waals surface area contributed by atoms with Crippen molar-refractivity contribution in [3.63, 3.8) is 0 Å². The number of aromatic hydroxyl groups is 1. The number of sulfonamides is 1. The van der Waals surface area contributed by atoms with Crippen LogP contribution in [0.5, 0.6) is 5.75 Å². The molecule has 7 heteroatoms. The van der Waals surface area contributed by atoms with E-state index in [1.54, 1.807) is 12.1 Å². The summed E-state index contributed by atoms with van der Waals surface area (Å²) in [6.07, 6.45) is 8.32. The van der Waals surface area contributed by atoms with Gasteiger partial charge in [0.1, 0.15) is 0 Å². The van der Waals surface area contributed by atoms with E-state index in [2.05, 4.69) is 11.6 Å². The first kappa shape index (κ1) is 21.9. The second-order valence-electron chi connectivity index (χ2n) is 6.56. The maximum absolute atomic E-state index is 12.5. The fraction of sp³-hybridized carbons (Fsp3) is 0.400. The highest BCUT2D eigenvalue weighted by Crippen LogP contribution is 2.35. The molecule has 2 N–H and O–H groups in total. The van der Waals surface area contributed by atoms with Crippen molar-refractivity contribution in [3.05, 3.63) is 52.0 Å². The molecule has 0 radical (unpaired) electrons. The molecule has 27 heavy (non-hydrogen) atoms. The molecule has 0 amide bonds. The number of rotatable bonds is 10. The molecule has 0 heterocycles. The van der Waals surface area contributed by atoms with Gasteiger partial charge in [-0.1, -0.05) is 74.4 Å². The van der Waals surface area contributed by atoms with Gasteiger partial charge < -0.3 is 5.11 Å². The molecule has 0 aliphatic carbocycles. The van der Waals surface area contributed by atoms with Crippen LogP contribution in [0.25, 0.3) is 0 Å². The second-order valence-corrected chi connectivity index (χ2v) is 9.05. The Hall–Kier alpha value is -1.43. The Morgan fingerprint density at radius 1 is 0.926 bits per heavy atom. The van der Waals surface area contributed by atoms with E-state index in [0.29, 0.717) is 0 Å². The van der Waals surface area contributed by atoms with Gasteiger partial charge in [0.05, 0.1) is 20.6 Å².